The Morgan fingerprint density at radius 1 is 0.969 bits per heavy atom. The molecular weight excluding hydrogens is 428 g/mol. The molecule has 0 spiro atoms. The zero-order chi connectivity index (χ0) is 22.2. The van der Waals surface area contributed by atoms with Crippen LogP contribution in [0, 0.1) is 21.4 Å². The summed E-state index contributed by atoms with van der Waals surface area (Å²) in [7, 11) is 0. The van der Waals surface area contributed by atoms with Crippen LogP contribution in [-0.2, 0) is 0 Å². The fraction of sp³-hybridized carbons (Fsp3) is 0. The monoisotopic (exact) mass is 438 g/mol. The maximum Gasteiger partial charge on any atom is 0.298 e. The van der Waals surface area contributed by atoms with Crippen LogP contribution in [0.4, 0.5) is 5.69 Å². The Labute approximate surface area is 185 Å². The number of aromatic nitrogens is 4. The van der Waals surface area contributed by atoms with Crippen molar-refractivity contribution in [2.24, 2.45) is 0 Å². The number of hydrogen-bond acceptors (Lipinski definition) is 7. The smallest absolute Gasteiger partial charge is 0.258 e. The Morgan fingerprint density at radius 3 is 2.47 bits per heavy atom. The number of benzene rings is 3. The second-order valence-electron chi connectivity index (χ2n) is 6.90. The van der Waals surface area contributed by atoms with E-state index in [0.717, 1.165) is 0 Å². The Balaban J connectivity index is 1.99. The highest BCUT2D eigenvalue weighted by atomic mass is 35.5. The van der Waals surface area contributed by atoms with Gasteiger partial charge in [0.25, 0.3) is 5.69 Å². The minimum atomic E-state index is -0.508. The molecule has 2 aromatic heterocycles. The molecule has 0 fully saturated rings. The van der Waals surface area contributed by atoms with E-state index < -0.39 is 4.92 Å². The van der Waals surface area contributed by atoms with Crippen molar-refractivity contribution < 1.29 is 4.92 Å². The third-order valence-corrected chi connectivity index (χ3v) is 5.42. The molecule has 2 heterocycles. The minimum Gasteiger partial charge on any atom is -0.258 e. The van der Waals surface area contributed by atoms with Crippen LogP contribution in [0.15, 0.2) is 67.0 Å². The van der Waals surface area contributed by atoms with Gasteiger partial charge in [0, 0.05) is 27.6 Å². The lowest BCUT2D eigenvalue weighted by Crippen LogP contribution is -1.92. The third-order valence-electron chi connectivity index (χ3n) is 5.09. The average Bonchev–Trinajstić information content (AvgIpc) is 3.21. The molecule has 0 bridgehead atoms. The van der Waals surface area contributed by atoms with Gasteiger partial charge in [-0.15, -0.1) is 5.10 Å². The van der Waals surface area contributed by atoms with Crippen molar-refractivity contribution in [2.75, 3.05) is 0 Å². The van der Waals surface area contributed by atoms with Gasteiger partial charge in [0.1, 0.15) is 0 Å². The molecule has 0 amide bonds. The molecule has 5 rings (SSSR count). The highest BCUT2D eigenvalue weighted by molar-refractivity contribution is 6.33. The summed E-state index contributed by atoms with van der Waals surface area (Å²) in [5, 5.41) is 30.4. The van der Waals surface area contributed by atoms with Crippen molar-refractivity contribution in [3.63, 3.8) is 0 Å². The number of fused-ring (bicyclic) bond motifs is 3. The van der Waals surface area contributed by atoms with E-state index in [4.69, 9.17) is 16.6 Å². The van der Waals surface area contributed by atoms with E-state index in [1.165, 1.54) is 18.5 Å². The number of nitriles is 1. The minimum absolute atomic E-state index is 0.144. The van der Waals surface area contributed by atoms with Crippen molar-refractivity contribution >= 4 is 39.1 Å². The zero-order valence-electron chi connectivity index (χ0n) is 16.2. The van der Waals surface area contributed by atoms with Crippen LogP contribution in [0.2, 0.25) is 5.02 Å². The molecule has 0 saturated carbocycles. The van der Waals surface area contributed by atoms with E-state index in [1.54, 1.807) is 48.5 Å². The van der Waals surface area contributed by atoms with Crippen LogP contribution < -0.4 is 0 Å². The first-order chi connectivity index (χ1) is 15.6. The molecule has 0 saturated heterocycles. The van der Waals surface area contributed by atoms with E-state index in [0.29, 0.717) is 49.4 Å². The highest BCUT2D eigenvalue weighted by Crippen LogP contribution is 2.38. The normalized spacial score (nSPS) is 10.9. The standard InChI is InChI=1S/C23H11ClN6O2/c24-18-8-4-3-7-15(18)22-16-9-20(30(31)32)23-17(11-27-29-23)21(16)26-12-19(28-22)14-6-2-1-5-13(14)10-25/h1-9,11-12H. The van der Waals surface area contributed by atoms with Gasteiger partial charge in [0.15, 0.2) is 5.52 Å². The summed E-state index contributed by atoms with van der Waals surface area (Å²) >= 11 is 6.49. The molecule has 32 heavy (non-hydrogen) atoms. The van der Waals surface area contributed by atoms with Gasteiger partial charge in [-0.25, -0.2) is 4.98 Å². The molecule has 0 unspecified atom stereocenters. The highest BCUT2D eigenvalue weighted by Gasteiger charge is 2.22. The SMILES string of the molecule is N#Cc1ccccc1-c1cnc2c(cc([N+](=O)[O-])c3nncc32)c(-c2ccccc2Cl)n1. The largest absolute Gasteiger partial charge is 0.298 e. The molecule has 0 radical (unpaired) electrons. The summed E-state index contributed by atoms with van der Waals surface area (Å²) < 4.78 is 0. The molecule has 152 valence electrons. The van der Waals surface area contributed by atoms with Crippen LogP contribution in [0.1, 0.15) is 5.56 Å². The lowest BCUT2D eigenvalue weighted by Gasteiger charge is -2.06. The molecule has 0 aliphatic heterocycles. The molecule has 0 aliphatic carbocycles. The number of hydrogen-bond donors (Lipinski definition) is 0. The summed E-state index contributed by atoms with van der Waals surface area (Å²) in [6.45, 7) is 0. The molecule has 0 aliphatic rings. The maximum atomic E-state index is 11.8. The van der Waals surface area contributed by atoms with E-state index >= 15 is 0 Å². The van der Waals surface area contributed by atoms with Gasteiger partial charge in [-0.3, -0.25) is 15.1 Å². The summed E-state index contributed by atoms with van der Waals surface area (Å²) in [5.41, 5.74) is 2.80. The lowest BCUT2D eigenvalue weighted by molar-refractivity contribution is -0.383. The number of halogens is 1. The van der Waals surface area contributed by atoms with Gasteiger partial charge >= 0.3 is 0 Å². The molecule has 0 atom stereocenters. The lowest BCUT2D eigenvalue weighted by atomic mass is 10.0. The Morgan fingerprint density at radius 2 is 1.72 bits per heavy atom. The van der Waals surface area contributed by atoms with Crippen molar-refractivity contribution in [3.8, 4) is 28.6 Å². The Bertz CT molecular complexity index is 1600. The van der Waals surface area contributed by atoms with Crippen molar-refractivity contribution in [1.29, 1.82) is 5.26 Å². The fourth-order valence-electron chi connectivity index (χ4n) is 3.63. The third kappa shape index (κ3) is 3.09. The van der Waals surface area contributed by atoms with Gasteiger partial charge in [0.05, 0.1) is 51.2 Å². The number of nitro benzene ring substituents is 1. The van der Waals surface area contributed by atoms with Gasteiger partial charge < -0.3 is 0 Å². The topological polar surface area (TPSA) is 118 Å². The molecule has 9 heteroatoms. The van der Waals surface area contributed by atoms with Crippen LogP contribution >= 0.6 is 11.6 Å². The Kier molecular flexibility index (Phi) is 4.66. The van der Waals surface area contributed by atoms with Gasteiger partial charge in [-0.1, -0.05) is 48.0 Å². The quantitative estimate of drug-likeness (QED) is 0.275. The average molecular weight is 439 g/mol. The summed E-state index contributed by atoms with van der Waals surface area (Å²) in [5.74, 6) is 0. The van der Waals surface area contributed by atoms with E-state index in [9.17, 15) is 15.4 Å². The van der Waals surface area contributed by atoms with E-state index in [-0.39, 0.29) is 11.2 Å². The van der Waals surface area contributed by atoms with Crippen LogP contribution in [0.3, 0.4) is 0 Å². The Hall–Kier alpha value is -4.48. The van der Waals surface area contributed by atoms with Gasteiger partial charge in [0.2, 0.25) is 0 Å². The molecule has 5 aromatic rings. The van der Waals surface area contributed by atoms with Crippen molar-refractivity contribution in [1.82, 2.24) is 20.2 Å². The molecule has 8 nitrogen and oxygen atoms in total. The second-order valence-corrected chi connectivity index (χ2v) is 7.30. The first kappa shape index (κ1) is 19.5. The number of non-ortho nitro benzene ring substituents is 1. The zero-order valence-corrected chi connectivity index (χ0v) is 17.0. The first-order valence-corrected chi connectivity index (χ1v) is 9.80. The van der Waals surface area contributed by atoms with Crippen molar-refractivity contribution in [2.45, 2.75) is 0 Å². The predicted octanol–water partition coefficient (Wildman–Crippen LogP) is 5.34. The van der Waals surface area contributed by atoms with E-state index in [1.807, 2.05) is 0 Å². The number of rotatable bonds is 3. The van der Waals surface area contributed by atoms with Crippen LogP contribution in [0.5, 0.6) is 0 Å². The van der Waals surface area contributed by atoms with Gasteiger partial charge in [-0.05, 0) is 12.1 Å². The van der Waals surface area contributed by atoms with Crippen molar-refractivity contribution in [3.05, 3.63) is 87.7 Å². The molecular formula is C23H11ClN6O2. The van der Waals surface area contributed by atoms with Crippen LogP contribution in [0.25, 0.3) is 44.3 Å². The molecule has 3 aromatic carbocycles. The summed E-state index contributed by atoms with van der Waals surface area (Å²) in [6.07, 6.45) is 2.98. The fourth-order valence-corrected chi connectivity index (χ4v) is 3.85. The molecule has 0 N–H and O–H groups in total. The van der Waals surface area contributed by atoms with E-state index in [2.05, 4.69) is 21.3 Å². The second kappa shape index (κ2) is 7.65. The maximum absolute atomic E-state index is 11.8. The number of nitrogens with zero attached hydrogens (tertiary/aromatic N) is 6. The number of nitro groups is 1. The van der Waals surface area contributed by atoms with Crippen LogP contribution in [-0.4, -0.2) is 25.1 Å². The first-order valence-electron chi connectivity index (χ1n) is 9.42. The summed E-state index contributed by atoms with van der Waals surface area (Å²) in [4.78, 5) is 20.6. The van der Waals surface area contributed by atoms with Gasteiger partial charge in [-0.2, -0.15) is 10.4 Å². The summed E-state index contributed by atoms with van der Waals surface area (Å²) in [6, 6.07) is 17.7. The predicted molar refractivity (Wildman–Crippen MR) is 120 cm³/mol.